The van der Waals surface area contributed by atoms with Gasteiger partial charge in [0.1, 0.15) is 0 Å². The summed E-state index contributed by atoms with van der Waals surface area (Å²) < 4.78 is 0. The van der Waals surface area contributed by atoms with Gasteiger partial charge in [-0.3, -0.25) is 9.97 Å². The smallest absolute Gasteiger partial charge is 0.172 e. The van der Waals surface area contributed by atoms with Crippen molar-refractivity contribution in [2.45, 2.75) is 20.4 Å². The summed E-state index contributed by atoms with van der Waals surface area (Å²) >= 11 is 0. The number of nitrogens with two attached hydrogens (primary N) is 1. The minimum atomic E-state index is 0.0723. The van der Waals surface area contributed by atoms with E-state index in [1.165, 1.54) is 0 Å². The normalized spacial score (nSPS) is 11.4. The number of oxime groups is 1. The van der Waals surface area contributed by atoms with Crippen molar-refractivity contribution in [2.75, 3.05) is 11.4 Å². The third-order valence-electron chi connectivity index (χ3n) is 3.20. The number of rotatable bonds is 5. The summed E-state index contributed by atoms with van der Waals surface area (Å²) in [5.41, 5.74) is 9.15. The highest BCUT2D eigenvalue weighted by Gasteiger charge is 2.14. The maximum Gasteiger partial charge on any atom is 0.172 e. The maximum absolute atomic E-state index is 8.90. The molecule has 21 heavy (non-hydrogen) atoms. The van der Waals surface area contributed by atoms with Gasteiger partial charge in [0.25, 0.3) is 0 Å². The molecule has 0 aliphatic heterocycles. The van der Waals surface area contributed by atoms with Crippen molar-refractivity contribution >= 4 is 11.5 Å². The molecular weight excluding hydrogens is 266 g/mol. The van der Waals surface area contributed by atoms with Gasteiger partial charge in [-0.05, 0) is 32.0 Å². The highest BCUT2D eigenvalue weighted by molar-refractivity contribution is 6.01. The molecule has 0 unspecified atom stereocenters. The van der Waals surface area contributed by atoms with E-state index in [0.29, 0.717) is 12.1 Å². The van der Waals surface area contributed by atoms with Crippen molar-refractivity contribution in [3.63, 3.8) is 0 Å². The molecule has 0 aliphatic carbocycles. The van der Waals surface area contributed by atoms with Crippen molar-refractivity contribution in [3.05, 3.63) is 53.6 Å². The van der Waals surface area contributed by atoms with Crippen molar-refractivity contribution < 1.29 is 5.21 Å². The molecule has 0 amide bonds. The lowest BCUT2D eigenvalue weighted by atomic mass is 10.2. The Hall–Kier alpha value is -2.63. The van der Waals surface area contributed by atoms with Crippen LogP contribution in [-0.2, 0) is 6.54 Å². The van der Waals surface area contributed by atoms with Crippen LogP contribution < -0.4 is 10.6 Å². The van der Waals surface area contributed by atoms with Gasteiger partial charge in [0, 0.05) is 24.0 Å². The molecule has 0 fully saturated rings. The molecule has 0 aliphatic rings. The topological polar surface area (TPSA) is 87.6 Å². The quantitative estimate of drug-likeness (QED) is 0.379. The third kappa shape index (κ3) is 3.47. The van der Waals surface area contributed by atoms with Crippen LogP contribution in [0.15, 0.2) is 41.8 Å². The number of hydrogen-bond donors (Lipinski definition) is 2. The molecule has 0 atom stereocenters. The highest BCUT2D eigenvalue weighted by atomic mass is 16.4. The highest BCUT2D eigenvalue weighted by Crippen LogP contribution is 2.20. The monoisotopic (exact) mass is 285 g/mol. The van der Waals surface area contributed by atoms with E-state index >= 15 is 0 Å². The maximum atomic E-state index is 8.90. The molecule has 0 bridgehead atoms. The Morgan fingerprint density at radius 1 is 1.38 bits per heavy atom. The van der Waals surface area contributed by atoms with E-state index in [9.17, 15) is 0 Å². The second kappa shape index (κ2) is 6.69. The molecule has 0 aromatic carbocycles. The van der Waals surface area contributed by atoms with Gasteiger partial charge < -0.3 is 15.8 Å². The van der Waals surface area contributed by atoms with Crippen LogP contribution in [0.2, 0.25) is 0 Å². The first-order chi connectivity index (χ1) is 10.2. The Bertz CT molecular complexity index is 641. The second-order valence-corrected chi connectivity index (χ2v) is 4.66. The van der Waals surface area contributed by atoms with Gasteiger partial charge in [-0.2, -0.15) is 0 Å². The van der Waals surface area contributed by atoms with Gasteiger partial charge in [-0.1, -0.05) is 11.2 Å². The van der Waals surface area contributed by atoms with Crippen LogP contribution in [0.25, 0.3) is 0 Å². The summed E-state index contributed by atoms with van der Waals surface area (Å²) in [4.78, 5) is 10.7. The Kier molecular flexibility index (Phi) is 4.71. The lowest BCUT2D eigenvalue weighted by molar-refractivity contribution is 0.318. The van der Waals surface area contributed by atoms with E-state index in [1.54, 1.807) is 18.5 Å². The molecule has 0 saturated carbocycles. The fourth-order valence-corrected chi connectivity index (χ4v) is 2.16. The van der Waals surface area contributed by atoms with Gasteiger partial charge in [0.2, 0.25) is 0 Å². The van der Waals surface area contributed by atoms with Gasteiger partial charge in [0.05, 0.1) is 24.1 Å². The van der Waals surface area contributed by atoms with Crippen molar-refractivity contribution in [1.29, 1.82) is 0 Å². The van der Waals surface area contributed by atoms with Crippen LogP contribution in [-0.4, -0.2) is 27.6 Å². The third-order valence-corrected chi connectivity index (χ3v) is 3.20. The first kappa shape index (κ1) is 14.8. The van der Waals surface area contributed by atoms with Crippen molar-refractivity contribution in [2.24, 2.45) is 10.9 Å². The van der Waals surface area contributed by atoms with E-state index < -0.39 is 0 Å². The number of pyridine rings is 2. The summed E-state index contributed by atoms with van der Waals surface area (Å²) in [6, 6.07) is 7.66. The molecular formula is C15H19N5O. The molecule has 3 N–H and O–H groups in total. The van der Waals surface area contributed by atoms with Crippen LogP contribution in [0.5, 0.6) is 0 Å². The molecule has 6 nitrogen and oxygen atoms in total. The zero-order valence-electron chi connectivity index (χ0n) is 12.2. The van der Waals surface area contributed by atoms with Crippen molar-refractivity contribution in [1.82, 2.24) is 9.97 Å². The van der Waals surface area contributed by atoms with Gasteiger partial charge >= 0.3 is 0 Å². The predicted molar refractivity (Wildman–Crippen MR) is 82.4 cm³/mol. The van der Waals surface area contributed by atoms with E-state index in [0.717, 1.165) is 23.6 Å². The van der Waals surface area contributed by atoms with E-state index in [2.05, 4.69) is 20.0 Å². The number of anilines is 1. The molecule has 6 heteroatoms. The Balaban J connectivity index is 2.34. The Morgan fingerprint density at radius 2 is 2.19 bits per heavy atom. The molecule has 2 rings (SSSR count). The molecule has 2 heterocycles. The number of amidine groups is 1. The van der Waals surface area contributed by atoms with Crippen LogP contribution >= 0.6 is 0 Å². The molecule has 2 aromatic heterocycles. The lowest BCUT2D eigenvalue weighted by Gasteiger charge is -2.24. The summed E-state index contributed by atoms with van der Waals surface area (Å²) in [6.07, 6.45) is 3.34. The summed E-state index contributed by atoms with van der Waals surface area (Å²) in [6.45, 7) is 5.40. The van der Waals surface area contributed by atoms with E-state index in [-0.39, 0.29) is 5.84 Å². The van der Waals surface area contributed by atoms with Crippen LogP contribution in [0.3, 0.4) is 0 Å². The summed E-state index contributed by atoms with van der Waals surface area (Å²) in [5, 5.41) is 12.0. The first-order valence-corrected chi connectivity index (χ1v) is 6.75. The second-order valence-electron chi connectivity index (χ2n) is 4.66. The van der Waals surface area contributed by atoms with Crippen molar-refractivity contribution in [3.8, 4) is 0 Å². The average Bonchev–Trinajstić information content (AvgIpc) is 2.52. The van der Waals surface area contributed by atoms with Crippen LogP contribution in [0.4, 0.5) is 5.69 Å². The number of aromatic nitrogens is 2. The Labute approximate surface area is 123 Å². The average molecular weight is 285 g/mol. The standard InChI is InChI=1S/C15H19N5O/c1-3-20(10-12-6-4-5-11(2)18-12)14-9-17-8-7-13(14)15(16)19-21/h4-9,21H,3,10H2,1-2H3,(H2,16,19). The van der Waals surface area contributed by atoms with E-state index in [4.69, 9.17) is 10.9 Å². The lowest BCUT2D eigenvalue weighted by Crippen LogP contribution is -2.26. The molecule has 0 radical (unpaired) electrons. The van der Waals surface area contributed by atoms with Crippen LogP contribution in [0, 0.1) is 6.92 Å². The minimum absolute atomic E-state index is 0.0723. The zero-order valence-corrected chi connectivity index (χ0v) is 12.2. The van der Waals surface area contributed by atoms with Crippen LogP contribution in [0.1, 0.15) is 23.9 Å². The zero-order chi connectivity index (χ0) is 15.2. The summed E-state index contributed by atoms with van der Waals surface area (Å²) in [7, 11) is 0. The SMILES string of the molecule is CCN(Cc1cccc(C)n1)c1cnccc1/C(N)=N/O. The summed E-state index contributed by atoms with van der Waals surface area (Å²) in [5.74, 6) is 0.0723. The predicted octanol–water partition coefficient (Wildman–Crippen LogP) is 1.91. The van der Waals surface area contributed by atoms with Gasteiger partial charge in [0.15, 0.2) is 5.84 Å². The van der Waals surface area contributed by atoms with Gasteiger partial charge in [-0.15, -0.1) is 0 Å². The Morgan fingerprint density at radius 3 is 2.86 bits per heavy atom. The fraction of sp³-hybridized carbons (Fsp3) is 0.267. The fourth-order valence-electron chi connectivity index (χ4n) is 2.16. The number of nitrogens with zero attached hydrogens (tertiary/aromatic N) is 4. The van der Waals surface area contributed by atoms with E-state index in [1.807, 2.05) is 32.0 Å². The molecule has 0 saturated heterocycles. The first-order valence-electron chi connectivity index (χ1n) is 6.75. The largest absolute Gasteiger partial charge is 0.409 e. The molecule has 0 spiro atoms. The number of hydrogen-bond acceptors (Lipinski definition) is 5. The molecule has 2 aromatic rings. The molecule has 110 valence electrons. The number of aryl methyl sites for hydroxylation is 1. The van der Waals surface area contributed by atoms with Gasteiger partial charge in [-0.25, -0.2) is 0 Å². The minimum Gasteiger partial charge on any atom is -0.409 e.